The molecule has 0 aliphatic heterocycles. The summed E-state index contributed by atoms with van der Waals surface area (Å²) >= 11 is 2.48. The SMILES string of the molecule is CCNC(c1ccccc1I)C1CCC(C)CC1. The highest BCUT2D eigenvalue weighted by molar-refractivity contribution is 14.1. The van der Waals surface area contributed by atoms with Crippen LogP contribution in [0.25, 0.3) is 0 Å². The van der Waals surface area contributed by atoms with Gasteiger partial charge in [-0.15, -0.1) is 0 Å². The average Bonchev–Trinajstić information content (AvgIpc) is 2.38. The van der Waals surface area contributed by atoms with Crippen molar-refractivity contribution >= 4 is 22.6 Å². The second kappa shape index (κ2) is 6.90. The van der Waals surface area contributed by atoms with Gasteiger partial charge >= 0.3 is 0 Å². The van der Waals surface area contributed by atoms with Crippen LogP contribution >= 0.6 is 22.6 Å². The number of hydrogen-bond acceptors (Lipinski definition) is 1. The van der Waals surface area contributed by atoms with Crippen LogP contribution in [0.3, 0.4) is 0 Å². The Labute approximate surface area is 125 Å². The largest absolute Gasteiger partial charge is 0.310 e. The molecule has 1 fully saturated rings. The summed E-state index contributed by atoms with van der Waals surface area (Å²) in [5.74, 6) is 1.75. The summed E-state index contributed by atoms with van der Waals surface area (Å²) in [6.45, 7) is 5.67. The highest BCUT2D eigenvalue weighted by Gasteiger charge is 2.27. The molecule has 100 valence electrons. The monoisotopic (exact) mass is 357 g/mol. The number of hydrogen-bond donors (Lipinski definition) is 1. The minimum Gasteiger partial charge on any atom is -0.310 e. The average molecular weight is 357 g/mol. The van der Waals surface area contributed by atoms with E-state index < -0.39 is 0 Å². The molecule has 1 N–H and O–H groups in total. The van der Waals surface area contributed by atoms with Crippen molar-refractivity contribution in [3.63, 3.8) is 0 Å². The summed E-state index contributed by atoms with van der Waals surface area (Å²) in [5, 5.41) is 3.72. The van der Waals surface area contributed by atoms with Gasteiger partial charge in [0, 0.05) is 9.61 Å². The molecule has 18 heavy (non-hydrogen) atoms. The third-order valence-corrected chi connectivity index (χ3v) is 5.18. The molecule has 1 atom stereocenters. The van der Waals surface area contributed by atoms with Crippen LogP contribution < -0.4 is 5.32 Å². The standard InChI is InChI=1S/C16H24IN/c1-3-18-16(13-10-8-12(2)9-11-13)14-6-4-5-7-15(14)17/h4-7,12-13,16,18H,3,8-11H2,1-2H3. The molecule has 1 unspecified atom stereocenters. The second-order valence-corrected chi connectivity index (χ2v) is 6.74. The third-order valence-electron chi connectivity index (χ3n) is 4.20. The van der Waals surface area contributed by atoms with E-state index in [2.05, 4.69) is 66.0 Å². The number of halogens is 1. The Kier molecular flexibility index (Phi) is 5.49. The Morgan fingerprint density at radius 3 is 2.50 bits per heavy atom. The molecule has 0 aromatic heterocycles. The molecule has 0 saturated heterocycles. The zero-order valence-corrected chi connectivity index (χ0v) is 13.6. The molecule has 0 spiro atoms. The zero-order chi connectivity index (χ0) is 13.0. The van der Waals surface area contributed by atoms with Gasteiger partial charge in [-0.25, -0.2) is 0 Å². The summed E-state index contributed by atoms with van der Waals surface area (Å²) in [5.41, 5.74) is 1.50. The van der Waals surface area contributed by atoms with Crippen LogP contribution in [0.5, 0.6) is 0 Å². The fraction of sp³-hybridized carbons (Fsp3) is 0.625. The van der Waals surface area contributed by atoms with Gasteiger partial charge in [0.15, 0.2) is 0 Å². The predicted molar refractivity (Wildman–Crippen MR) is 86.7 cm³/mol. The molecule has 1 nitrogen and oxygen atoms in total. The van der Waals surface area contributed by atoms with E-state index in [1.54, 1.807) is 0 Å². The maximum Gasteiger partial charge on any atom is 0.0359 e. The molecule has 1 aromatic rings. The molecule has 1 saturated carbocycles. The molecule has 0 bridgehead atoms. The van der Waals surface area contributed by atoms with Crippen molar-refractivity contribution in [3.8, 4) is 0 Å². The Morgan fingerprint density at radius 2 is 1.89 bits per heavy atom. The zero-order valence-electron chi connectivity index (χ0n) is 11.5. The lowest BCUT2D eigenvalue weighted by atomic mass is 9.77. The number of benzene rings is 1. The second-order valence-electron chi connectivity index (χ2n) is 5.58. The van der Waals surface area contributed by atoms with Crippen LogP contribution in [0.1, 0.15) is 51.1 Å². The molecule has 0 amide bonds. The highest BCUT2D eigenvalue weighted by Crippen LogP contribution is 2.37. The molecule has 2 rings (SSSR count). The van der Waals surface area contributed by atoms with Crippen LogP contribution in [0.2, 0.25) is 0 Å². The smallest absolute Gasteiger partial charge is 0.0359 e. The van der Waals surface area contributed by atoms with Crippen molar-refractivity contribution in [2.24, 2.45) is 11.8 Å². The molecule has 1 aliphatic rings. The predicted octanol–water partition coefficient (Wildman–Crippen LogP) is 4.77. The quantitative estimate of drug-likeness (QED) is 0.766. The summed E-state index contributed by atoms with van der Waals surface area (Å²) < 4.78 is 1.40. The molecular formula is C16H24IN. The van der Waals surface area contributed by atoms with Gasteiger partial charge in [0.05, 0.1) is 0 Å². The lowest BCUT2D eigenvalue weighted by Gasteiger charge is -2.34. The Hall–Kier alpha value is -0.0900. The van der Waals surface area contributed by atoms with Crippen LogP contribution in [-0.4, -0.2) is 6.54 Å². The van der Waals surface area contributed by atoms with Gasteiger partial charge < -0.3 is 5.32 Å². The van der Waals surface area contributed by atoms with E-state index in [9.17, 15) is 0 Å². The summed E-state index contributed by atoms with van der Waals surface area (Å²) in [6.07, 6.45) is 5.56. The van der Waals surface area contributed by atoms with E-state index in [4.69, 9.17) is 0 Å². The van der Waals surface area contributed by atoms with Gasteiger partial charge in [-0.3, -0.25) is 0 Å². The molecule has 0 heterocycles. The van der Waals surface area contributed by atoms with Crippen molar-refractivity contribution < 1.29 is 0 Å². The van der Waals surface area contributed by atoms with E-state index in [1.807, 2.05) is 0 Å². The maximum absolute atomic E-state index is 3.72. The molecule has 1 aromatic carbocycles. The first-order valence-electron chi connectivity index (χ1n) is 7.20. The lowest BCUT2D eigenvalue weighted by molar-refractivity contribution is 0.232. The number of rotatable bonds is 4. The van der Waals surface area contributed by atoms with Gasteiger partial charge in [0.2, 0.25) is 0 Å². The van der Waals surface area contributed by atoms with Crippen LogP contribution in [-0.2, 0) is 0 Å². The fourth-order valence-corrected chi connectivity index (χ4v) is 3.82. The van der Waals surface area contributed by atoms with Crippen LogP contribution in [0.15, 0.2) is 24.3 Å². The normalized spacial score (nSPS) is 25.9. The Morgan fingerprint density at radius 1 is 1.22 bits per heavy atom. The van der Waals surface area contributed by atoms with Crippen molar-refractivity contribution in [1.82, 2.24) is 5.32 Å². The van der Waals surface area contributed by atoms with E-state index >= 15 is 0 Å². The van der Waals surface area contributed by atoms with Crippen LogP contribution in [0, 0.1) is 15.4 Å². The van der Waals surface area contributed by atoms with E-state index in [1.165, 1.54) is 34.8 Å². The molecule has 0 radical (unpaired) electrons. The first-order valence-corrected chi connectivity index (χ1v) is 8.28. The van der Waals surface area contributed by atoms with Crippen molar-refractivity contribution in [2.45, 2.75) is 45.6 Å². The first-order chi connectivity index (χ1) is 8.72. The van der Waals surface area contributed by atoms with E-state index in [0.29, 0.717) is 6.04 Å². The maximum atomic E-state index is 3.72. The summed E-state index contributed by atoms with van der Waals surface area (Å²) in [7, 11) is 0. The minimum absolute atomic E-state index is 0.551. The van der Waals surface area contributed by atoms with Crippen LogP contribution in [0.4, 0.5) is 0 Å². The summed E-state index contributed by atoms with van der Waals surface area (Å²) in [4.78, 5) is 0. The Balaban J connectivity index is 2.15. The van der Waals surface area contributed by atoms with Crippen molar-refractivity contribution in [2.75, 3.05) is 6.54 Å². The first kappa shape index (κ1) is 14.3. The van der Waals surface area contributed by atoms with Gasteiger partial charge in [0.25, 0.3) is 0 Å². The van der Waals surface area contributed by atoms with Crippen molar-refractivity contribution in [1.29, 1.82) is 0 Å². The molecule has 2 heteroatoms. The fourth-order valence-electron chi connectivity index (χ4n) is 3.10. The molecular weight excluding hydrogens is 333 g/mol. The van der Waals surface area contributed by atoms with E-state index in [-0.39, 0.29) is 0 Å². The lowest BCUT2D eigenvalue weighted by Crippen LogP contribution is -2.31. The minimum atomic E-state index is 0.551. The molecule has 1 aliphatic carbocycles. The van der Waals surface area contributed by atoms with E-state index in [0.717, 1.165) is 18.4 Å². The van der Waals surface area contributed by atoms with Gasteiger partial charge in [0.1, 0.15) is 0 Å². The summed E-state index contributed by atoms with van der Waals surface area (Å²) in [6, 6.07) is 9.39. The van der Waals surface area contributed by atoms with Crippen molar-refractivity contribution in [3.05, 3.63) is 33.4 Å². The third kappa shape index (κ3) is 3.47. The highest BCUT2D eigenvalue weighted by atomic mass is 127. The Bertz CT molecular complexity index is 369. The topological polar surface area (TPSA) is 12.0 Å². The number of nitrogens with one attached hydrogen (secondary N) is 1. The van der Waals surface area contributed by atoms with Gasteiger partial charge in [-0.05, 0) is 65.4 Å². The van der Waals surface area contributed by atoms with Gasteiger partial charge in [-0.1, -0.05) is 44.9 Å². The van der Waals surface area contributed by atoms with Gasteiger partial charge in [-0.2, -0.15) is 0 Å².